The number of rotatable bonds is 5. The highest BCUT2D eigenvalue weighted by atomic mass is 35.5. The van der Waals surface area contributed by atoms with Crippen LogP contribution in [0.25, 0.3) is 11.4 Å². The molecule has 7 heteroatoms. The number of fused-ring (bicyclic) bond motifs is 1. The molecule has 0 saturated carbocycles. The predicted molar refractivity (Wildman–Crippen MR) is 118 cm³/mol. The first kappa shape index (κ1) is 20.4. The van der Waals surface area contributed by atoms with Gasteiger partial charge in [-0.3, -0.25) is 4.79 Å². The zero-order valence-electron chi connectivity index (χ0n) is 17.2. The van der Waals surface area contributed by atoms with Gasteiger partial charge >= 0.3 is 0 Å². The summed E-state index contributed by atoms with van der Waals surface area (Å²) in [5.41, 5.74) is 3.53. The summed E-state index contributed by atoms with van der Waals surface area (Å²) in [7, 11) is 0. The molecule has 4 rings (SSSR count). The Morgan fingerprint density at radius 1 is 1.10 bits per heavy atom. The van der Waals surface area contributed by atoms with Crippen LogP contribution in [-0.2, 0) is 17.8 Å². The molecule has 2 aromatic carbocycles. The number of amides is 1. The van der Waals surface area contributed by atoms with Gasteiger partial charge in [-0.2, -0.15) is 0 Å². The molecular weight excluding hydrogens is 400 g/mol. The maximum atomic E-state index is 12.3. The van der Waals surface area contributed by atoms with Crippen LogP contribution in [0.4, 0.5) is 5.69 Å². The Kier molecular flexibility index (Phi) is 6.04. The second kappa shape index (κ2) is 8.88. The number of nitrogens with one attached hydrogen (secondary N) is 1. The van der Waals surface area contributed by atoms with E-state index < -0.39 is 0 Å². The fraction of sp³-hybridized carbons (Fsp3) is 0.348. The van der Waals surface area contributed by atoms with E-state index in [1.54, 1.807) is 0 Å². The second-order valence-electron chi connectivity index (χ2n) is 7.69. The van der Waals surface area contributed by atoms with Gasteiger partial charge in [-0.05, 0) is 74.2 Å². The van der Waals surface area contributed by atoms with Crippen molar-refractivity contribution < 1.29 is 9.53 Å². The highest BCUT2D eigenvalue weighted by Gasteiger charge is 2.16. The smallest absolute Gasteiger partial charge is 0.262 e. The number of benzene rings is 2. The number of aromatic nitrogens is 3. The summed E-state index contributed by atoms with van der Waals surface area (Å²) in [6.07, 6.45) is 4.53. The molecule has 1 aromatic heterocycles. The van der Waals surface area contributed by atoms with Gasteiger partial charge in [0.2, 0.25) is 0 Å². The van der Waals surface area contributed by atoms with Crippen molar-refractivity contribution in [3.63, 3.8) is 0 Å². The topological polar surface area (TPSA) is 69.0 Å². The molecule has 3 aromatic rings. The van der Waals surface area contributed by atoms with E-state index in [1.165, 1.54) is 12.8 Å². The van der Waals surface area contributed by atoms with Gasteiger partial charge < -0.3 is 14.6 Å². The van der Waals surface area contributed by atoms with Crippen molar-refractivity contribution in [2.24, 2.45) is 0 Å². The largest absolute Gasteiger partial charge is 0.483 e. The van der Waals surface area contributed by atoms with Crippen molar-refractivity contribution in [1.82, 2.24) is 14.8 Å². The normalized spacial score (nSPS) is 13.4. The van der Waals surface area contributed by atoms with Gasteiger partial charge in [0.1, 0.15) is 11.6 Å². The van der Waals surface area contributed by atoms with Gasteiger partial charge in [-0.15, -0.1) is 10.2 Å². The molecule has 0 aliphatic carbocycles. The number of carbonyl (C=O) groups is 1. The van der Waals surface area contributed by atoms with E-state index in [-0.39, 0.29) is 12.5 Å². The summed E-state index contributed by atoms with van der Waals surface area (Å²) >= 11 is 6.04. The van der Waals surface area contributed by atoms with Crippen molar-refractivity contribution in [2.75, 3.05) is 11.9 Å². The minimum Gasteiger partial charge on any atom is -0.483 e. The summed E-state index contributed by atoms with van der Waals surface area (Å²) in [5, 5.41) is 12.3. The summed E-state index contributed by atoms with van der Waals surface area (Å²) in [6.45, 7) is 4.71. The molecule has 0 fully saturated rings. The zero-order chi connectivity index (χ0) is 21.1. The third kappa shape index (κ3) is 4.49. The quantitative estimate of drug-likeness (QED) is 0.628. The van der Waals surface area contributed by atoms with Gasteiger partial charge in [-0.25, -0.2) is 0 Å². The molecule has 0 radical (unpaired) electrons. The van der Waals surface area contributed by atoms with Crippen LogP contribution in [-0.4, -0.2) is 27.3 Å². The lowest BCUT2D eigenvalue weighted by Crippen LogP contribution is -2.20. The molecule has 0 spiro atoms. The van der Waals surface area contributed by atoms with Crippen molar-refractivity contribution in [3.05, 3.63) is 58.4 Å². The number of nitrogens with zero attached hydrogens (tertiary/aromatic N) is 3. The number of hydrogen-bond donors (Lipinski definition) is 1. The van der Waals surface area contributed by atoms with E-state index in [1.807, 2.05) is 50.2 Å². The van der Waals surface area contributed by atoms with Crippen LogP contribution in [0.5, 0.6) is 5.75 Å². The molecule has 1 aliphatic rings. The molecule has 1 N–H and O–H groups in total. The molecule has 6 nitrogen and oxygen atoms in total. The Morgan fingerprint density at radius 2 is 1.83 bits per heavy atom. The van der Waals surface area contributed by atoms with E-state index in [0.29, 0.717) is 16.5 Å². The van der Waals surface area contributed by atoms with Gasteiger partial charge in [0.25, 0.3) is 5.91 Å². The van der Waals surface area contributed by atoms with Crippen LogP contribution in [0.1, 0.15) is 36.2 Å². The van der Waals surface area contributed by atoms with E-state index in [0.717, 1.165) is 47.7 Å². The summed E-state index contributed by atoms with van der Waals surface area (Å²) in [4.78, 5) is 12.3. The van der Waals surface area contributed by atoms with E-state index in [2.05, 4.69) is 20.1 Å². The third-order valence-corrected chi connectivity index (χ3v) is 5.53. The average molecular weight is 425 g/mol. The van der Waals surface area contributed by atoms with E-state index >= 15 is 0 Å². The van der Waals surface area contributed by atoms with Crippen molar-refractivity contribution in [2.45, 2.75) is 46.1 Å². The Labute approximate surface area is 181 Å². The summed E-state index contributed by atoms with van der Waals surface area (Å²) in [6, 6.07) is 11.3. The van der Waals surface area contributed by atoms with Crippen molar-refractivity contribution in [1.29, 1.82) is 0 Å². The fourth-order valence-corrected chi connectivity index (χ4v) is 4.19. The van der Waals surface area contributed by atoms with E-state index in [4.69, 9.17) is 16.3 Å². The Hall–Kier alpha value is -2.86. The number of anilines is 1. The summed E-state index contributed by atoms with van der Waals surface area (Å²) in [5.74, 6) is 2.43. The van der Waals surface area contributed by atoms with Crippen LogP contribution < -0.4 is 10.1 Å². The fourth-order valence-electron chi connectivity index (χ4n) is 3.86. The Bertz CT molecular complexity index is 1040. The number of halogens is 1. The van der Waals surface area contributed by atoms with Crippen molar-refractivity contribution in [3.8, 4) is 17.1 Å². The number of aryl methyl sites for hydroxylation is 3. The predicted octanol–water partition coefficient (Wildman–Crippen LogP) is 4.96. The lowest BCUT2D eigenvalue weighted by molar-refractivity contribution is -0.118. The average Bonchev–Trinajstić information content (AvgIpc) is 2.96. The molecular formula is C23H25ClN4O2. The minimum atomic E-state index is -0.215. The molecule has 0 bridgehead atoms. The molecule has 2 heterocycles. The third-order valence-electron chi connectivity index (χ3n) is 5.31. The maximum Gasteiger partial charge on any atom is 0.262 e. The zero-order valence-corrected chi connectivity index (χ0v) is 18.0. The number of ether oxygens (including phenoxy) is 1. The van der Waals surface area contributed by atoms with Crippen LogP contribution in [0.3, 0.4) is 0 Å². The second-order valence-corrected chi connectivity index (χ2v) is 8.12. The molecule has 1 amide bonds. The minimum absolute atomic E-state index is 0.0667. The maximum absolute atomic E-state index is 12.3. The first-order valence-corrected chi connectivity index (χ1v) is 10.6. The monoisotopic (exact) mass is 424 g/mol. The van der Waals surface area contributed by atoms with Crippen molar-refractivity contribution >= 4 is 23.2 Å². The molecule has 0 saturated heterocycles. The van der Waals surface area contributed by atoms with Crippen LogP contribution in [0.2, 0.25) is 5.02 Å². The summed E-state index contributed by atoms with van der Waals surface area (Å²) < 4.78 is 7.93. The van der Waals surface area contributed by atoms with Gasteiger partial charge in [0, 0.05) is 29.2 Å². The lowest BCUT2D eigenvalue weighted by atomic mass is 10.1. The molecule has 156 valence electrons. The molecule has 1 aliphatic heterocycles. The SMILES string of the molecule is Cc1cc(Cl)cc(C)c1OCC(=O)Nc1ccc(-c2nnc3n2CCCCC3)cc1. The van der Waals surface area contributed by atoms with E-state index in [9.17, 15) is 4.79 Å². The molecule has 30 heavy (non-hydrogen) atoms. The Balaban J connectivity index is 1.39. The highest BCUT2D eigenvalue weighted by molar-refractivity contribution is 6.30. The first-order valence-electron chi connectivity index (χ1n) is 10.2. The van der Waals surface area contributed by atoms with Gasteiger partial charge in [0.15, 0.2) is 12.4 Å². The first-order chi connectivity index (χ1) is 14.5. The van der Waals surface area contributed by atoms with Crippen LogP contribution >= 0.6 is 11.6 Å². The number of hydrogen-bond acceptors (Lipinski definition) is 4. The van der Waals surface area contributed by atoms with Crippen LogP contribution in [0.15, 0.2) is 36.4 Å². The molecule has 0 unspecified atom stereocenters. The van der Waals surface area contributed by atoms with Crippen LogP contribution in [0, 0.1) is 13.8 Å². The van der Waals surface area contributed by atoms with Gasteiger partial charge in [-0.1, -0.05) is 18.0 Å². The molecule has 0 atom stereocenters. The van der Waals surface area contributed by atoms with Gasteiger partial charge in [0.05, 0.1) is 0 Å². The highest BCUT2D eigenvalue weighted by Crippen LogP contribution is 2.27. The number of carbonyl (C=O) groups excluding carboxylic acids is 1. The lowest BCUT2D eigenvalue weighted by Gasteiger charge is -2.13. The Morgan fingerprint density at radius 3 is 2.57 bits per heavy atom. The standard InChI is InChI=1S/C23H25ClN4O2/c1-15-12-18(24)13-16(2)22(15)30-14-21(29)25-19-9-7-17(8-10-19)23-27-26-20-6-4-3-5-11-28(20)23/h7-10,12-13H,3-6,11,14H2,1-2H3,(H,25,29).